The maximum atomic E-state index is 13.0. The molecule has 1 aliphatic rings. The molecule has 0 heterocycles. The molecule has 0 spiro atoms. The molecule has 0 bridgehead atoms. The third-order valence-corrected chi connectivity index (χ3v) is 5.65. The van der Waals surface area contributed by atoms with Gasteiger partial charge in [-0.1, -0.05) is 44.2 Å². The number of rotatable bonds is 13. The Hall–Kier alpha value is -3.90. The first-order chi connectivity index (χ1) is 19.4. The first-order valence-corrected chi connectivity index (χ1v) is 13.2. The van der Waals surface area contributed by atoms with Crippen LogP contribution in [0.15, 0.2) is 54.6 Å². The summed E-state index contributed by atoms with van der Waals surface area (Å²) < 4.78 is 27.2. The van der Waals surface area contributed by atoms with Crippen molar-refractivity contribution in [3.63, 3.8) is 0 Å². The Bertz CT molecular complexity index is 1140. The SMILES string of the molecule is CNCC(=O)O[C@]1(C(CC(=O)OC(C)C)NC(=O)OC(C)OC(=O)C(C)C)C=CC=CC1OC(=O)c1ccccc1.Cl. The third kappa shape index (κ3) is 10.8. The van der Waals surface area contributed by atoms with E-state index in [4.69, 9.17) is 23.7 Å². The molecule has 2 rings (SSSR count). The number of alkyl carbamates (subject to hydrolysis) is 1. The van der Waals surface area contributed by atoms with Gasteiger partial charge in [-0.3, -0.25) is 14.4 Å². The van der Waals surface area contributed by atoms with Crippen molar-refractivity contribution in [3.8, 4) is 0 Å². The van der Waals surface area contributed by atoms with Gasteiger partial charge in [0.05, 0.1) is 36.6 Å². The molecule has 0 aliphatic heterocycles. The van der Waals surface area contributed by atoms with Gasteiger partial charge in [-0.2, -0.15) is 0 Å². The van der Waals surface area contributed by atoms with E-state index in [0.717, 1.165) is 0 Å². The standard InChI is InChI=1S/C29H38N2O10.ClH/c1-18(2)26(34)38-20(5)39-28(36)31-22(16-24(32)37-19(3)4)29(41-25(33)17-30-6)15-11-10-14-23(29)40-27(35)21-12-8-7-9-13-21;/h7-15,18-20,22-23,30H,16-17H2,1-6H3,(H,31,36);1H/t20?,22?,23?,29-;/m0./s1. The van der Waals surface area contributed by atoms with Crippen LogP contribution >= 0.6 is 12.4 Å². The van der Waals surface area contributed by atoms with Gasteiger partial charge in [-0.25, -0.2) is 9.59 Å². The average molecular weight is 611 g/mol. The largest absolute Gasteiger partial charge is 0.463 e. The number of ether oxygens (including phenoxy) is 5. The van der Waals surface area contributed by atoms with E-state index >= 15 is 0 Å². The molecule has 12 nitrogen and oxygen atoms in total. The Labute approximate surface area is 251 Å². The van der Waals surface area contributed by atoms with Gasteiger partial charge in [0.15, 0.2) is 11.7 Å². The molecule has 13 heteroatoms. The average Bonchev–Trinajstić information content (AvgIpc) is 2.89. The molecule has 1 aromatic rings. The van der Waals surface area contributed by atoms with E-state index in [1.807, 2.05) is 0 Å². The number of hydrogen-bond acceptors (Lipinski definition) is 11. The second-order valence-electron chi connectivity index (χ2n) is 9.80. The molecule has 232 valence electrons. The van der Waals surface area contributed by atoms with Crippen LogP contribution < -0.4 is 10.6 Å². The van der Waals surface area contributed by atoms with Gasteiger partial charge in [-0.05, 0) is 45.2 Å². The first kappa shape index (κ1) is 36.1. The number of esters is 4. The number of amides is 1. The van der Waals surface area contributed by atoms with Crippen molar-refractivity contribution in [2.24, 2.45) is 5.92 Å². The third-order valence-electron chi connectivity index (χ3n) is 5.65. The number of carbonyl (C=O) groups is 5. The highest BCUT2D eigenvalue weighted by atomic mass is 35.5. The van der Waals surface area contributed by atoms with Gasteiger partial charge < -0.3 is 34.3 Å². The van der Waals surface area contributed by atoms with E-state index in [1.165, 1.54) is 32.2 Å². The van der Waals surface area contributed by atoms with Gasteiger partial charge >= 0.3 is 30.0 Å². The van der Waals surface area contributed by atoms with Crippen molar-refractivity contribution >= 4 is 42.4 Å². The molecule has 2 N–H and O–H groups in total. The summed E-state index contributed by atoms with van der Waals surface area (Å²) in [6.07, 6.45) is 1.35. The maximum Gasteiger partial charge on any atom is 0.410 e. The number of allylic oxidation sites excluding steroid dienone is 2. The molecule has 42 heavy (non-hydrogen) atoms. The summed E-state index contributed by atoms with van der Waals surface area (Å²) in [6.45, 7) is 7.65. The summed E-state index contributed by atoms with van der Waals surface area (Å²) >= 11 is 0. The summed E-state index contributed by atoms with van der Waals surface area (Å²) in [5.74, 6) is -3.27. The number of halogens is 1. The summed E-state index contributed by atoms with van der Waals surface area (Å²) in [4.78, 5) is 63.6. The molecule has 1 aliphatic carbocycles. The Morgan fingerprint density at radius 3 is 2.17 bits per heavy atom. The van der Waals surface area contributed by atoms with Crippen LogP contribution in [0.3, 0.4) is 0 Å². The molecule has 4 atom stereocenters. The first-order valence-electron chi connectivity index (χ1n) is 13.2. The fraction of sp³-hybridized carbons (Fsp3) is 0.483. The second-order valence-corrected chi connectivity index (χ2v) is 9.80. The van der Waals surface area contributed by atoms with Crippen molar-refractivity contribution in [1.29, 1.82) is 0 Å². The van der Waals surface area contributed by atoms with E-state index in [9.17, 15) is 24.0 Å². The van der Waals surface area contributed by atoms with Crippen LogP contribution in [0.25, 0.3) is 0 Å². The lowest BCUT2D eigenvalue weighted by Gasteiger charge is -2.42. The predicted molar refractivity (Wildman–Crippen MR) is 154 cm³/mol. The predicted octanol–water partition coefficient (Wildman–Crippen LogP) is 3.24. The molecule has 0 aromatic heterocycles. The minimum Gasteiger partial charge on any atom is -0.463 e. The lowest BCUT2D eigenvalue weighted by atomic mass is 9.82. The summed E-state index contributed by atoms with van der Waals surface area (Å²) in [5.41, 5.74) is -1.67. The van der Waals surface area contributed by atoms with Crippen molar-refractivity contribution in [2.45, 2.75) is 71.2 Å². The molecular weight excluding hydrogens is 572 g/mol. The van der Waals surface area contributed by atoms with Crippen molar-refractivity contribution in [2.75, 3.05) is 13.6 Å². The Balaban J connectivity index is 0.00000882. The zero-order valence-electron chi connectivity index (χ0n) is 24.5. The van der Waals surface area contributed by atoms with Crippen molar-refractivity contribution in [3.05, 3.63) is 60.2 Å². The fourth-order valence-electron chi connectivity index (χ4n) is 3.81. The van der Waals surface area contributed by atoms with Gasteiger partial charge in [0.25, 0.3) is 0 Å². The lowest BCUT2D eigenvalue weighted by molar-refractivity contribution is -0.172. The van der Waals surface area contributed by atoms with Crippen molar-refractivity contribution in [1.82, 2.24) is 10.6 Å². The molecule has 0 saturated carbocycles. The van der Waals surface area contributed by atoms with Gasteiger partial charge in [0.2, 0.25) is 6.29 Å². The highest BCUT2D eigenvalue weighted by Crippen LogP contribution is 2.33. The zero-order valence-corrected chi connectivity index (χ0v) is 25.3. The van der Waals surface area contributed by atoms with Crippen LogP contribution in [0.5, 0.6) is 0 Å². The van der Waals surface area contributed by atoms with Gasteiger partial charge in [-0.15, -0.1) is 12.4 Å². The quantitative estimate of drug-likeness (QED) is 0.192. The normalized spacial score (nSPS) is 18.7. The Morgan fingerprint density at radius 1 is 0.905 bits per heavy atom. The number of benzene rings is 1. The van der Waals surface area contributed by atoms with Crippen LogP contribution in [-0.2, 0) is 38.1 Å². The smallest absolute Gasteiger partial charge is 0.410 e. The molecule has 0 fully saturated rings. The van der Waals surface area contributed by atoms with E-state index in [1.54, 1.807) is 64.1 Å². The summed E-state index contributed by atoms with van der Waals surface area (Å²) in [7, 11) is 1.53. The minimum absolute atomic E-state index is 0. The number of carbonyl (C=O) groups excluding carboxylic acids is 5. The van der Waals surface area contributed by atoms with Crippen LogP contribution in [0.2, 0.25) is 0 Å². The van der Waals surface area contributed by atoms with Gasteiger partial charge in [0, 0.05) is 6.92 Å². The lowest BCUT2D eigenvalue weighted by Crippen LogP contribution is -2.62. The minimum atomic E-state index is -1.90. The summed E-state index contributed by atoms with van der Waals surface area (Å²) in [5, 5.41) is 5.21. The molecule has 3 unspecified atom stereocenters. The second kappa shape index (κ2) is 17.1. The van der Waals surface area contributed by atoms with E-state index in [-0.39, 0.29) is 24.5 Å². The monoisotopic (exact) mass is 610 g/mol. The van der Waals surface area contributed by atoms with Gasteiger partial charge in [0.1, 0.15) is 0 Å². The van der Waals surface area contributed by atoms with Crippen LogP contribution in [0, 0.1) is 5.92 Å². The number of likely N-dealkylation sites (N-methyl/N-ethyl adjacent to an activating group) is 1. The topological polar surface area (TPSA) is 156 Å². The van der Waals surface area contributed by atoms with E-state index < -0.39 is 72.5 Å². The van der Waals surface area contributed by atoms with Crippen LogP contribution in [-0.4, -0.2) is 73.7 Å². The van der Waals surface area contributed by atoms with Crippen molar-refractivity contribution < 1.29 is 47.7 Å². The molecule has 1 amide bonds. The van der Waals surface area contributed by atoms with E-state index in [0.29, 0.717) is 0 Å². The highest BCUT2D eigenvalue weighted by molar-refractivity contribution is 5.89. The molecule has 0 saturated heterocycles. The molecular formula is C29H39ClN2O10. The number of nitrogens with one attached hydrogen (secondary N) is 2. The summed E-state index contributed by atoms with van der Waals surface area (Å²) in [6, 6.07) is 6.78. The van der Waals surface area contributed by atoms with Crippen LogP contribution in [0.4, 0.5) is 4.79 Å². The molecule has 1 aromatic carbocycles. The van der Waals surface area contributed by atoms with Crippen LogP contribution in [0.1, 0.15) is 51.4 Å². The Kier molecular flexibility index (Phi) is 14.7. The fourth-order valence-corrected chi connectivity index (χ4v) is 3.81. The zero-order chi connectivity index (χ0) is 30.6. The number of hydrogen-bond donors (Lipinski definition) is 2. The maximum absolute atomic E-state index is 13.0. The van der Waals surface area contributed by atoms with E-state index in [2.05, 4.69) is 10.6 Å². The highest BCUT2D eigenvalue weighted by Gasteiger charge is 2.51. The Morgan fingerprint density at radius 2 is 1.57 bits per heavy atom. The molecule has 0 radical (unpaired) electrons.